The second kappa shape index (κ2) is 5.30. The first-order chi connectivity index (χ1) is 7.70. The zero-order valence-corrected chi connectivity index (χ0v) is 11.1. The third kappa shape index (κ3) is 2.65. The number of hydrogen-bond acceptors (Lipinski definition) is 3. The van der Waals surface area contributed by atoms with E-state index < -0.39 is 0 Å². The van der Waals surface area contributed by atoms with Crippen molar-refractivity contribution in [3.8, 4) is 5.75 Å². The minimum atomic E-state index is 0.354. The summed E-state index contributed by atoms with van der Waals surface area (Å²) < 4.78 is 5.15. The molecular weight excluding hydrogens is 242 g/mol. The summed E-state index contributed by atoms with van der Waals surface area (Å²) in [6, 6.07) is 6.00. The van der Waals surface area contributed by atoms with Gasteiger partial charge >= 0.3 is 0 Å². The fraction of sp³-hybridized carbons (Fsp3) is 0.500. The predicted molar refractivity (Wildman–Crippen MR) is 70.4 cm³/mol. The minimum Gasteiger partial charge on any atom is -0.495 e. The Bertz CT molecular complexity index is 372. The van der Waals surface area contributed by atoms with E-state index in [4.69, 9.17) is 16.3 Å². The van der Waals surface area contributed by atoms with Crippen LogP contribution in [0.4, 0.5) is 0 Å². The maximum absolute atomic E-state index is 6.12. The quantitative estimate of drug-likeness (QED) is 0.877. The van der Waals surface area contributed by atoms with Crippen LogP contribution in [0.15, 0.2) is 18.2 Å². The average molecular weight is 258 g/mol. The maximum Gasteiger partial charge on any atom is 0.137 e. The highest BCUT2D eigenvalue weighted by molar-refractivity contribution is 8.00. The molecule has 1 aromatic rings. The highest BCUT2D eigenvalue weighted by atomic mass is 35.5. The third-order valence-electron chi connectivity index (χ3n) is 2.73. The first kappa shape index (κ1) is 12.1. The standard InChI is InChI=1S/C12H16ClNOS/c1-8-5-6-14-12(16-8)9-3-4-11(15-2)10(13)7-9/h3-4,7-8,12,14H,5-6H2,1-2H3. The van der Waals surface area contributed by atoms with Crippen molar-refractivity contribution in [1.82, 2.24) is 5.32 Å². The summed E-state index contributed by atoms with van der Waals surface area (Å²) in [6.45, 7) is 3.34. The lowest BCUT2D eigenvalue weighted by Crippen LogP contribution is -2.28. The molecule has 1 aromatic carbocycles. The van der Waals surface area contributed by atoms with Crippen LogP contribution in [-0.4, -0.2) is 18.9 Å². The van der Waals surface area contributed by atoms with E-state index in [2.05, 4.69) is 18.3 Å². The Kier molecular flexibility index (Phi) is 4.00. The van der Waals surface area contributed by atoms with E-state index in [0.717, 1.165) is 12.3 Å². The minimum absolute atomic E-state index is 0.354. The molecule has 2 nitrogen and oxygen atoms in total. The van der Waals surface area contributed by atoms with Crippen molar-refractivity contribution in [1.29, 1.82) is 0 Å². The fourth-order valence-corrected chi connectivity index (χ4v) is 3.31. The Morgan fingerprint density at radius 2 is 2.31 bits per heavy atom. The Morgan fingerprint density at radius 1 is 1.50 bits per heavy atom. The van der Waals surface area contributed by atoms with Crippen molar-refractivity contribution < 1.29 is 4.74 Å². The lowest BCUT2D eigenvalue weighted by Gasteiger charge is -2.28. The van der Waals surface area contributed by atoms with Gasteiger partial charge in [0.05, 0.1) is 17.5 Å². The molecule has 0 radical (unpaired) electrons. The van der Waals surface area contributed by atoms with Crippen LogP contribution in [0, 0.1) is 0 Å². The van der Waals surface area contributed by atoms with Gasteiger partial charge in [-0.05, 0) is 30.7 Å². The number of halogens is 1. The zero-order valence-electron chi connectivity index (χ0n) is 9.50. The molecule has 0 spiro atoms. The van der Waals surface area contributed by atoms with E-state index in [9.17, 15) is 0 Å². The summed E-state index contributed by atoms with van der Waals surface area (Å²) in [7, 11) is 1.64. The lowest BCUT2D eigenvalue weighted by atomic mass is 10.2. The molecule has 2 unspecified atom stereocenters. The van der Waals surface area contributed by atoms with Crippen molar-refractivity contribution >= 4 is 23.4 Å². The van der Waals surface area contributed by atoms with Gasteiger partial charge < -0.3 is 10.1 Å². The summed E-state index contributed by atoms with van der Waals surface area (Å²) in [5.41, 5.74) is 1.22. The van der Waals surface area contributed by atoms with Crippen molar-refractivity contribution in [3.63, 3.8) is 0 Å². The van der Waals surface area contributed by atoms with Gasteiger partial charge in [-0.2, -0.15) is 0 Å². The molecule has 1 aliphatic heterocycles. The SMILES string of the molecule is COc1ccc(C2NCCC(C)S2)cc1Cl. The number of rotatable bonds is 2. The van der Waals surface area contributed by atoms with Crippen LogP contribution in [0.5, 0.6) is 5.75 Å². The van der Waals surface area contributed by atoms with E-state index in [0.29, 0.717) is 15.6 Å². The third-order valence-corrected chi connectivity index (χ3v) is 4.43. The van der Waals surface area contributed by atoms with Crippen LogP contribution < -0.4 is 10.1 Å². The second-order valence-electron chi connectivity index (χ2n) is 3.96. The van der Waals surface area contributed by atoms with E-state index >= 15 is 0 Å². The van der Waals surface area contributed by atoms with Crippen LogP contribution >= 0.6 is 23.4 Å². The van der Waals surface area contributed by atoms with E-state index in [1.165, 1.54) is 12.0 Å². The predicted octanol–water partition coefficient (Wildman–Crippen LogP) is 3.46. The average Bonchev–Trinajstić information content (AvgIpc) is 2.29. The van der Waals surface area contributed by atoms with Crippen molar-refractivity contribution in [2.45, 2.75) is 24.0 Å². The maximum atomic E-state index is 6.12. The van der Waals surface area contributed by atoms with Gasteiger partial charge in [0.1, 0.15) is 5.75 Å². The number of thioether (sulfide) groups is 1. The molecule has 1 saturated heterocycles. The van der Waals surface area contributed by atoms with E-state index in [1.54, 1.807) is 7.11 Å². The molecule has 0 bridgehead atoms. The fourth-order valence-electron chi connectivity index (χ4n) is 1.81. The Morgan fingerprint density at radius 3 is 2.94 bits per heavy atom. The highest BCUT2D eigenvalue weighted by Crippen LogP contribution is 2.37. The molecule has 4 heteroatoms. The number of nitrogens with one attached hydrogen (secondary N) is 1. The Labute approximate surface area is 106 Å². The number of hydrogen-bond donors (Lipinski definition) is 1. The largest absolute Gasteiger partial charge is 0.495 e. The van der Waals surface area contributed by atoms with Crippen LogP contribution in [0.25, 0.3) is 0 Å². The van der Waals surface area contributed by atoms with Crippen LogP contribution in [0.2, 0.25) is 5.02 Å². The summed E-state index contributed by atoms with van der Waals surface area (Å²) in [5, 5.41) is 5.23. The van der Waals surface area contributed by atoms with Gasteiger partial charge in [0.25, 0.3) is 0 Å². The molecule has 0 saturated carbocycles. The van der Waals surface area contributed by atoms with Gasteiger partial charge in [0.2, 0.25) is 0 Å². The second-order valence-corrected chi connectivity index (χ2v) is 5.92. The van der Waals surface area contributed by atoms with Gasteiger partial charge in [0, 0.05) is 5.25 Å². The molecule has 88 valence electrons. The monoisotopic (exact) mass is 257 g/mol. The van der Waals surface area contributed by atoms with Gasteiger partial charge in [-0.25, -0.2) is 0 Å². The Hall–Kier alpha value is -0.380. The summed E-state index contributed by atoms with van der Waals surface area (Å²) in [6.07, 6.45) is 1.23. The van der Waals surface area contributed by atoms with Crippen molar-refractivity contribution in [3.05, 3.63) is 28.8 Å². The van der Waals surface area contributed by atoms with Crippen LogP contribution in [0.3, 0.4) is 0 Å². The molecule has 1 fully saturated rings. The number of ether oxygens (including phenoxy) is 1. The molecule has 0 aliphatic carbocycles. The molecule has 0 aromatic heterocycles. The molecular formula is C12H16ClNOS. The summed E-state index contributed by atoms with van der Waals surface area (Å²) in [4.78, 5) is 0. The van der Waals surface area contributed by atoms with Gasteiger partial charge in [-0.15, -0.1) is 11.8 Å². The molecule has 16 heavy (non-hydrogen) atoms. The first-order valence-corrected chi connectivity index (χ1v) is 6.75. The van der Waals surface area contributed by atoms with Gasteiger partial charge in [0.15, 0.2) is 0 Å². The van der Waals surface area contributed by atoms with Crippen molar-refractivity contribution in [2.24, 2.45) is 0 Å². The molecule has 2 atom stereocenters. The van der Waals surface area contributed by atoms with Crippen LogP contribution in [-0.2, 0) is 0 Å². The molecule has 0 amide bonds. The highest BCUT2D eigenvalue weighted by Gasteiger charge is 2.20. The van der Waals surface area contributed by atoms with E-state index in [1.807, 2.05) is 23.9 Å². The zero-order chi connectivity index (χ0) is 11.5. The molecule has 1 heterocycles. The molecule has 1 N–H and O–H groups in total. The Balaban J connectivity index is 2.17. The van der Waals surface area contributed by atoms with Gasteiger partial charge in [-0.3, -0.25) is 0 Å². The summed E-state index contributed by atoms with van der Waals surface area (Å²) >= 11 is 8.07. The normalized spacial score (nSPS) is 25.4. The number of benzene rings is 1. The molecule has 1 aliphatic rings. The van der Waals surface area contributed by atoms with Gasteiger partial charge in [-0.1, -0.05) is 24.6 Å². The van der Waals surface area contributed by atoms with Crippen molar-refractivity contribution in [2.75, 3.05) is 13.7 Å². The van der Waals surface area contributed by atoms with E-state index in [-0.39, 0.29) is 0 Å². The topological polar surface area (TPSA) is 21.3 Å². The molecule has 2 rings (SSSR count). The summed E-state index contributed by atoms with van der Waals surface area (Å²) in [5.74, 6) is 0.735. The smallest absolute Gasteiger partial charge is 0.137 e. The number of methoxy groups -OCH3 is 1. The van der Waals surface area contributed by atoms with Crippen LogP contribution in [0.1, 0.15) is 24.3 Å². The first-order valence-electron chi connectivity index (χ1n) is 5.43. The lowest BCUT2D eigenvalue weighted by molar-refractivity contribution is 0.415.